The molecule has 0 radical (unpaired) electrons. The molecule has 2 rings (SSSR count). The zero-order valence-corrected chi connectivity index (χ0v) is 10.1. The number of aromatic hydroxyl groups is 1. The van der Waals surface area contributed by atoms with Gasteiger partial charge in [-0.05, 0) is 24.1 Å². The molecule has 7 heteroatoms. The Bertz CT molecular complexity index is 474. The van der Waals surface area contributed by atoms with E-state index in [-0.39, 0.29) is 18.3 Å². The van der Waals surface area contributed by atoms with Gasteiger partial charge < -0.3 is 16.2 Å². The molecular formula is C12H15N3O4. The second-order valence-electron chi connectivity index (χ2n) is 4.32. The van der Waals surface area contributed by atoms with Crippen LogP contribution in [0.4, 0.5) is 0 Å². The highest BCUT2D eigenvalue weighted by atomic mass is 16.7. The lowest BCUT2D eigenvalue weighted by molar-refractivity contribution is -0.129. The largest absolute Gasteiger partial charge is 0.508 e. The van der Waals surface area contributed by atoms with Gasteiger partial charge in [-0.15, -0.1) is 0 Å². The fraction of sp³-hybridized carbons (Fsp3) is 0.333. The van der Waals surface area contributed by atoms with Crippen LogP contribution >= 0.6 is 0 Å². The van der Waals surface area contributed by atoms with Crippen LogP contribution in [0.1, 0.15) is 5.56 Å². The predicted molar refractivity (Wildman–Crippen MR) is 65.8 cm³/mol. The van der Waals surface area contributed by atoms with Gasteiger partial charge in [-0.3, -0.25) is 14.4 Å². The molecule has 19 heavy (non-hydrogen) atoms. The van der Waals surface area contributed by atoms with Crippen LogP contribution < -0.4 is 16.5 Å². The number of benzene rings is 1. The maximum absolute atomic E-state index is 11.8. The summed E-state index contributed by atoms with van der Waals surface area (Å²) in [5.74, 6) is -0.648. The third kappa shape index (κ3) is 3.43. The number of nitrogens with two attached hydrogens (primary N) is 1. The van der Waals surface area contributed by atoms with Crippen LogP contribution in [0.2, 0.25) is 0 Å². The average molecular weight is 265 g/mol. The van der Waals surface area contributed by atoms with Crippen LogP contribution in [-0.4, -0.2) is 35.6 Å². The van der Waals surface area contributed by atoms with Crippen LogP contribution in [0.3, 0.4) is 0 Å². The van der Waals surface area contributed by atoms with Crippen molar-refractivity contribution in [2.45, 2.75) is 18.5 Å². The number of phenols is 1. The average Bonchev–Trinajstić information content (AvgIpc) is 2.78. The molecule has 1 heterocycles. The van der Waals surface area contributed by atoms with E-state index >= 15 is 0 Å². The predicted octanol–water partition coefficient (Wildman–Crippen LogP) is -1.19. The minimum absolute atomic E-state index is 0.0938. The van der Waals surface area contributed by atoms with Crippen LogP contribution in [0.25, 0.3) is 0 Å². The van der Waals surface area contributed by atoms with Crippen molar-refractivity contribution in [1.82, 2.24) is 10.8 Å². The van der Waals surface area contributed by atoms with Crippen molar-refractivity contribution >= 4 is 11.8 Å². The van der Waals surface area contributed by atoms with Crippen molar-refractivity contribution in [2.75, 3.05) is 6.61 Å². The second-order valence-corrected chi connectivity index (χ2v) is 4.32. The van der Waals surface area contributed by atoms with Gasteiger partial charge in [0, 0.05) is 0 Å². The lowest BCUT2D eigenvalue weighted by Crippen LogP contribution is -2.49. The van der Waals surface area contributed by atoms with Gasteiger partial charge in [0.1, 0.15) is 18.4 Å². The molecule has 1 aromatic carbocycles. The maximum atomic E-state index is 11.8. The summed E-state index contributed by atoms with van der Waals surface area (Å²) in [6.45, 7) is 0.0938. The Balaban J connectivity index is 1.88. The summed E-state index contributed by atoms with van der Waals surface area (Å²) in [5, 5.41) is 11.7. The third-order valence-corrected chi connectivity index (χ3v) is 2.78. The highest BCUT2D eigenvalue weighted by Gasteiger charge is 2.28. The molecule has 2 atom stereocenters. The molecular weight excluding hydrogens is 250 g/mol. The minimum atomic E-state index is -0.766. The lowest BCUT2D eigenvalue weighted by atomic mass is 10.1. The number of rotatable bonds is 4. The van der Waals surface area contributed by atoms with E-state index in [1.54, 1.807) is 12.1 Å². The van der Waals surface area contributed by atoms with Gasteiger partial charge >= 0.3 is 0 Å². The molecule has 1 unspecified atom stereocenters. The summed E-state index contributed by atoms with van der Waals surface area (Å²) >= 11 is 0. The van der Waals surface area contributed by atoms with Crippen molar-refractivity contribution in [3.8, 4) is 5.75 Å². The zero-order valence-electron chi connectivity index (χ0n) is 10.1. The number of amides is 2. The van der Waals surface area contributed by atoms with E-state index in [4.69, 9.17) is 15.7 Å². The normalized spacial score (nSPS) is 19.8. The number of hydroxylamine groups is 1. The Morgan fingerprint density at radius 2 is 2.21 bits per heavy atom. The molecule has 0 aliphatic carbocycles. The highest BCUT2D eigenvalue weighted by Crippen LogP contribution is 2.11. The van der Waals surface area contributed by atoms with E-state index < -0.39 is 18.0 Å². The molecule has 102 valence electrons. The fourth-order valence-electron chi connectivity index (χ4n) is 1.71. The van der Waals surface area contributed by atoms with Gasteiger partial charge in [-0.1, -0.05) is 12.1 Å². The van der Waals surface area contributed by atoms with E-state index in [0.29, 0.717) is 6.42 Å². The molecule has 5 N–H and O–H groups in total. The monoisotopic (exact) mass is 265 g/mol. The highest BCUT2D eigenvalue weighted by molar-refractivity contribution is 5.90. The molecule has 0 aromatic heterocycles. The second kappa shape index (κ2) is 5.68. The van der Waals surface area contributed by atoms with Crippen LogP contribution in [0.5, 0.6) is 5.75 Å². The first-order valence-electron chi connectivity index (χ1n) is 5.82. The summed E-state index contributed by atoms with van der Waals surface area (Å²) < 4.78 is 0. The van der Waals surface area contributed by atoms with E-state index in [0.717, 1.165) is 5.56 Å². The molecule has 0 spiro atoms. The topological polar surface area (TPSA) is 114 Å². The first-order chi connectivity index (χ1) is 9.06. The van der Waals surface area contributed by atoms with Gasteiger partial charge in [-0.2, -0.15) is 0 Å². The molecule has 0 saturated carbocycles. The SMILES string of the molecule is NC(Cc1ccc(O)cc1)C(=O)N[C@@H]1CONC1=O. The third-order valence-electron chi connectivity index (χ3n) is 2.78. The molecule has 1 aliphatic rings. The summed E-state index contributed by atoms with van der Waals surface area (Å²) in [6.07, 6.45) is 0.321. The molecule has 1 saturated heterocycles. The quantitative estimate of drug-likeness (QED) is 0.546. The van der Waals surface area contributed by atoms with Gasteiger partial charge in [0.2, 0.25) is 5.91 Å². The van der Waals surface area contributed by atoms with Gasteiger partial charge in [0.25, 0.3) is 5.91 Å². The molecule has 2 amide bonds. The molecule has 1 aliphatic heterocycles. The summed E-state index contributed by atoms with van der Waals surface area (Å²) in [6, 6.07) is 4.97. The Labute approximate surface area is 109 Å². The smallest absolute Gasteiger partial charge is 0.268 e. The van der Waals surface area contributed by atoms with E-state index in [9.17, 15) is 9.59 Å². The van der Waals surface area contributed by atoms with Crippen molar-refractivity contribution in [1.29, 1.82) is 0 Å². The molecule has 1 fully saturated rings. The minimum Gasteiger partial charge on any atom is -0.508 e. The summed E-state index contributed by atoms with van der Waals surface area (Å²) in [5.41, 5.74) is 8.74. The van der Waals surface area contributed by atoms with Crippen LogP contribution in [0, 0.1) is 0 Å². The Hall–Kier alpha value is -2.12. The van der Waals surface area contributed by atoms with Gasteiger partial charge in [0.05, 0.1) is 6.04 Å². The number of phenolic OH excluding ortho intramolecular Hbond substituents is 1. The Morgan fingerprint density at radius 1 is 1.53 bits per heavy atom. The van der Waals surface area contributed by atoms with E-state index in [1.165, 1.54) is 12.1 Å². The zero-order chi connectivity index (χ0) is 13.8. The first kappa shape index (κ1) is 13.3. The fourth-order valence-corrected chi connectivity index (χ4v) is 1.71. The summed E-state index contributed by atoms with van der Waals surface area (Å²) in [4.78, 5) is 27.7. The van der Waals surface area contributed by atoms with Crippen molar-refractivity contribution in [2.24, 2.45) is 5.73 Å². The van der Waals surface area contributed by atoms with Gasteiger partial charge in [-0.25, -0.2) is 5.48 Å². The molecule has 0 bridgehead atoms. The molecule has 7 nitrogen and oxygen atoms in total. The van der Waals surface area contributed by atoms with Crippen LogP contribution in [-0.2, 0) is 20.8 Å². The standard InChI is InChI=1S/C12H15N3O4/c13-9(5-7-1-3-8(16)4-2-7)11(17)14-10-6-19-15-12(10)18/h1-4,9-10,16H,5-6,13H2,(H,14,17)(H,15,18)/t9?,10-/m1/s1. The Morgan fingerprint density at radius 3 is 2.79 bits per heavy atom. The molecule has 1 aromatic rings. The Kier molecular flexibility index (Phi) is 3.98. The number of hydrogen-bond acceptors (Lipinski definition) is 5. The maximum Gasteiger partial charge on any atom is 0.268 e. The van der Waals surface area contributed by atoms with Crippen molar-refractivity contribution < 1.29 is 19.5 Å². The number of nitrogens with one attached hydrogen (secondary N) is 2. The van der Waals surface area contributed by atoms with Gasteiger partial charge in [0.15, 0.2) is 0 Å². The van der Waals surface area contributed by atoms with E-state index in [2.05, 4.69) is 10.8 Å². The van der Waals surface area contributed by atoms with Crippen LogP contribution in [0.15, 0.2) is 24.3 Å². The van der Waals surface area contributed by atoms with E-state index in [1.807, 2.05) is 0 Å². The van der Waals surface area contributed by atoms with Crippen molar-refractivity contribution in [3.63, 3.8) is 0 Å². The summed E-state index contributed by atoms with van der Waals surface area (Å²) in [7, 11) is 0. The number of carbonyl (C=O) groups is 2. The van der Waals surface area contributed by atoms with Crippen molar-refractivity contribution in [3.05, 3.63) is 29.8 Å². The first-order valence-corrected chi connectivity index (χ1v) is 5.82. The number of hydrogen-bond donors (Lipinski definition) is 4. The number of carbonyl (C=O) groups excluding carboxylic acids is 2. The lowest BCUT2D eigenvalue weighted by Gasteiger charge is -2.14.